The van der Waals surface area contributed by atoms with Gasteiger partial charge in [0.15, 0.2) is 6.10 Å². The van der Waals surface area contributed by atoms with Crippen LogP contribution in [0.5, 0.6) is 5.75 Å². The maximum atomic E-state index is 10.3. The molecular weight excluding hydrogens is 243 g/mol. The molecule has 0 heterocycles. The van der Waals surface area contributed by atoms with Crippen LogP contribution in [0.1, 0.15) is 0 Å². The lowest BCUT2D eigenvalue weighted by Gasteiger charge is -2.09. The standard InChI is InChI=1S/C9H8Cl2O4/c10-5-1-2-8(6(11)3-5)15-4-7(12)9(13)14/h1-3,7,12H,4H2,(H,13,14). The second kappa shape index (κ2) is 5.21. The summed E-state index contributed by atoms with van der Waals surface area (Å²) in [6.45, 7) is -0.364. The highest BCUT2D eigenvalue weighted by molar-refractivity contribution is 6.35. The van der Waals surface area contributed by atoms with E-state index in [1.165, 1.54) is 12.1 Å². The third-order valence-electron chi connectivity index (χ3n) is 1.58. The molecule has 0 radical (unpaired) electrons. The molecule has 15 heavy (non-hydrogen) atoms. The molecule has 0 bridgehead atoms. The van der Waals surface area contributed by atoms with Gasteiger partial charge in [0.05, 0.1) is 5.02 Å². The maximum Gasteiger partial charge on any atom is 0.336 e. The van der Waals surface area contributed by atoms with Gasteiger partial charge in [0.2, 0.25) is 0 Å². The van der Waals surface area contributed by atoms with E-state index >= 15 is 0 Å². The van der Waals surface area contributed by atoms with Gasteiger partial charge in [-0.2, -0.15) is 0 Å². The normalized spacial score (nSPS) is 12.2. The largest absolute Gasteiger partial charge is 0.489 e. The minimum Gasteiger partial charge on any atom is -0.489 e. The van der Waals surface area contributed by atoms with Crippen molar-refractivity contribution in [3.05, 3.63) is 28.2 Å². The summed E-state index contributed by atoms with van der Waals surface area (Å²) in [6, 6.07) is 4.51. The molecule has 0 saturated carbocycles. The number of hydrogen-bond acceptors (Lipinski definition) is 3. The number of aliphatic carboxylic acids is 1. The average molecular weight is 251 g/mol. The predicted octanol–water partition coefficient (Wildman–Crippen LogP) is 1.82. The minimum absolute atomic E-state index is 0.264. The fraction of sp³-hybridized carbons (Fsp3) is 0.222. The summed E-state index contributed by atoms with van der Waals surface area (Å²) in [5.74, 6) is -1.07. The molecule has 4 nitrogen and oxygen atoms in total. The van der Waals surface area contributed by atoms with Crippen LogP contribution in [-0.4, -0.2) is 28.9 Å². The van der Waals surface area contributed by atoms with Gasteiger partial charge in [0, 0.05) is 5.02 Å². The Kier molecular flexibility index (Phi) is 4.20. The molecular formula is C9H8Cl2O4. The van der Waals surface area contributed by atoms with Gasteiger partial charge in [-0.3, -0.25) is 0 Å². The predicted molar refractivity (Wildman–Crippen MR) is 55.6 cm³/mol. The quantitative estimate of drug-likeness (QED) is 0.856. The third-order valence-corrected chi connectivity index (χ3v) is 2.11. The monoisotopic (exact) mass is 250 g/mol. The number of carboxylic acids is 1. The second-order valence-electron chi connectivity index (χ2n) is 2.74. The molecule has 1 aromatic carbocycles. The first kappa shape index (κ1) is 12.1. The topological polar surface area (TPSA) is 66.8 Å². The summed E-state index contributed by atoms with van der Waals surface area (Å²) in [4.78, 5) is 10.3. The molecule has 6 heteroatoms. The van der Waals surface area contributed by atoms with Crippen molar-refractivity contribution in [1.82, 2.24) is 0 Å². The van der Waals surface area contributed by atoms with E-state index in [0.717, 1.165) is 0 Å². The van der Waals surface area contributed by atoms with Gasteiger partial charge in [-0.1, -0.05) is 23.2 Å². The van der Waals surface area contributed by atoms with Crippen molar-refractivity contribution in [2.75, 3.05) is 6.61 Å². The van der Waals surface area contributed by atoms with E-state index < -0.39 is 12.1 Å². The molecule has 1 rings (SSSR count). The van der Waals surface area contributed by atoms with Crippen molar-refractivity contribution in [3.63, 3.8) is 0 Å². The number of rotatable bonds is 4. The summed E-state index contributed by atoms with van der Waals surface area (Å²) in [6.07, 6.45) is -1.57. The first-order chi connectivity index (χ1) is 7.00. The number of aliphatic hydroxyl groups excluding tert-OH is 1. The fourth-order valence-electron chi connectivity index (χ4n) is 0.832. The number of aliphatic hydroxyl groups is 1. The van der Waals surface area contributed by atoms with Crippen molar-refractivity contribution in [2.45, 2.75) is 6.10 Å². The molecule has 0 amide bonds. The van der Waals surface area contributed by atoms with Gasteiger partial charge >= 0.3 is 5.97 Å². The first-order valence-electron chi connectivity index (χ1n) is 3.99. The van der Waals surface area contributed by atoms with E-state index in [0.29, 0.717) is 5.02 Å². The van der Waals surface area contributed by atoms with E-state index in [2.05, 4.69) is 0 Å². The number of carboxylic acid groups (broad SMARTS) is 1. The highest BCUT2D eigenvalue weighted by atomic mass is 35.5. The number of hydrogen-bond donors (Lipinski definition) is 2. The Morgan fingerprint density at radius 2 is 2.13 bits per heavy atom. The van der Waals surface area contributed by atoms with Gasteiger partial charge in [-0.25, -0.2) is 4.79 Å². The van der Waals surface area contributed by atoms with Gasteiger partial charge in [-0.15, -0.1) is 0 Å². The van der Waals surface area contributed by atoms with Crippen LogP contribution in [0, 0.1) is 0 Å². The number of benzene rings is 1. The zero-order chi connectivity index (χ0) is 11.4. The Labute approximate surface area is 96.0 Å². The molecule has 0 saturated heterocycles. The van der Waals surface area contributed by atoms with E-state index in [-0.39, 0.29) is 17.4 Å². The lowest BCUT2D eigenvalue weighted by molar-refractivity contribution is -0.148. The minimum atomic E-state index is -1.57. The average Bonchev–Trinajstić information content (AvgIpc) is 2.15. The summed E-state index contributed by atoms with van der Waals surface area (Å²) in [7, 11) is 0. The van der Waals surface area contributed by atoms with Gasteiger partial charge in [-0.05, 0) is 18.2 Å². The van der Waals surface area contributed by atoms with Crippen molar-refractivity contribution < 1.29 is 19.7 Å². The van der Waals surface area contributed by atoms with Crippen molar-refractivity contribution >= 4 is 29.2 Å². The Morgan fingerprint density at radius 3 is 2.67 bits per heavy atom. The Balaban J connectivity index is 2.62. The van der Waals surface area contributed by atoms with Crippen molar-refractivity contribution in [3.8, 4) is 5.75 Å². The molecule has 0 aliphatic heterocycles. The Hall–Kier alpha value is -0.970. The number of halogens is 2. The van der Waals surface area contributed by atoms with E-state index in [9.17, 15) is 4.79 Å². The molecule has 1 aromatic rings. The van der Waals surface area contributed by atoms with Crippen LogP contribution < -0.4 is 4.74 Å². The molecule has 0 fully saturated rings. The smallest absolute Gasteiger partial charge is 0.336 e. The van der Waals surface area contributed by atoms with Crippen LogP contribution in [0.4, 0.5) is 0 Å². The van der Waals surface area contributed by atoms with Gasteiger partial charge in [0.25, 0.3) is 0 Å². The number of ether oxygens (including phenoxy) is 1. The lowest BCUT2D eigenvalue weighted by atomic mass is 10.3. The Bertz CT molecular complexity index is 367. The fourth-order valence-corrected chi connectivity index (χ4v) is 1.30. The third kappa shape index (κ3) is 3.58. The zero-order valence-electron chi connectivity index (χ0n) is 7.48. The molecule has 1 atom stereocenters. The molecule has 1 unspecified atom stereocenters. The summed E-state index contributed by atoms with van der Waals surface area (Å²) in [5.41, 5.74) is 0. The van der Waals surface area contributed by atoms with Crippen LogP contribution in [0.25, 0.3) is 0 Å². The van der Waals surface area contributed by atoms with Crippen molar-refractivity contribution in [1.29, 1.82) is 0 Å². The summed E-state index contributed by atoms with van der Waals surface area (Å²) < 4.78 is 4.99. The van der Waals surface area contributed by atoms with Crippen molar-refractivity contribution in [2.24, 2.45) is 0 Å². The first-order valence-corrected chi connectivity index (χ1v) is 4.75. The maximum absolute atomic E-state index is 10.3. The molecule has 82 valence electrons. The molecule has 0 aliphatic rings. The molecule has 2 N–H and O–H groups in total. The summed E-state index contributed by atoms with van der Waals surface area (Å²) in [5, 5.41) is 18.0. The van der Waals surface area contributed by atoms with E-state index in [4.69, 9.17) is 38.2 Å². The number of carbonyl (C=O) groups is 1. The van der Waals surface area contributed by atoms with Crippen LogP contribution >= 0.6 is 23.2 Å². The SMILES string of the molecule is O=C(O)C(O)COc1ccc(Cl)cc1Cl. The second-order valence-corrected chi connectivity index (χ2v) is 3.58. The molecule has 0 aliphatic carbocycles. The van der Waals surface area contributed by atoms with Crippen LogP contribution in [0.15, 0.2) is 18.2 Å². The van der Waals surface area contributed by atoms with Gasteiger partial charge < -0.3 is 14.9 Å². The Morgan fingerprint density at radius 1 is 1.47 bits per heavy atom. The summed E-state index contributed by atoms with van der Waals surface area (Å²) >= 11 is 11.4. The van der Waals surface area contributed by atoms with Crippen LogP contribution in [-0.2, 0) is 4.79 Å². The van der Waals surface area contributed by atoms with E-state index in [1.807, 2.05) is 0 Å². The highest BCUT2D eigenvalue weighted by Crippen LogP contribution is 2.27. The zero-order valence-corrected chi connectivity index (χ0v) is 9.00. The highest BCUT2D eigenvalue weighted by Gasteiger charge is 2.14. The van der Waals surface area contributed by atoms with E-state index in [1.54, 1.807) is 6.07 Å². The molecule has 0 aromatic heterocycles. The van der Waals surface area contributed by atoms with Crippen LogP contribution in [0.3, 0.4) is 0 Å². The molecule has 0 spiro atoms. The van der Waals surface area contributed by atoms with Gasteiger partial charge in [0.1, 0.15) is 12.4 Å². The van der Waals surface area contributed by atoms with Crippen LogP contribution in [0.2, 0.25) is 10.0 Å². The lowest BCUT2D eigenvalue weighted by Crippen LogP contribution is -2.26.